The molecule has 1 aliphatic rings. The smallest absolute Gasteiger partial charge is 0.0724 e. The minimum atomic E-state index is -0.0398. The maximum Gasteiger partial charge on any atom is 0.0724 e. The number of hydrogen-bond donors (Lipinski definition) is 1. The largest absolute Gasteiger partial charge is 0.378 e. The number of nitrogens with one attached hydrogen (secondary N) is 1. The Labute approximate surface area is 93.5 Å². The van der Waals surface area contributed by atoms with Crippen molar-refractivity contribution in [2.24, 2.45) is 0 Å². The van der Waals surface area contributed by atoms with E-state index in [-0.39, 0.29) is 11.2 Å². The molecule has 0 atom stereocenters. The van der Waals surface area contributed by atoms with Crippen molar-refractivity contribution >= 4 is 0 Å². The summed E-state index contributed by atoms with van der Waals surface area (Å²) in [5.41, 5.74) is 0.0123. The molecule has 1 N–H and O–H groups in total. The average Bonchev–Trinajstić information content (AvgIpc) is 2.17. The summed E-state index contributed by atoms with van der Waals surface area (Å²) in [5, 5.41) is 3.36. The summed E-state index contributed by atoms with van der Waals surface area (Å²) in [5.74, 6) is 0. The minimum absolute atomic E-state index is 0.0398. The van der Waals surface area contributed by atoms with Crippen molar-refractivity contribution in [1.29, 1.82) is 0 Å². The van der Waals surface area contributed by atoms with Crippen LogP contribution in [0.4, 0.5) is 0 Å². The molecule has 1 aliphatic heterocycles. The summed E-state index contributed by atoms with van der Waals surface area (Å²) in [6, 6.07) is 0. The van der Waals surface area contributed by atoms with Crippen molar-refractivity contribution in [3.8, 4) is 0 Å². The van der Waals surface area contributed by atoms with Gasteiger partial charge in [-0.2, -0.15) is 0 Å². The van der Waals surface area contributed by atoms with E-state index in [4.69, 9.17) is 9.47 Å². The van der Waals surface area contributed by atoms with Gasteiger partial charge in [0.05, 0.1) is 17.8 Å². The van der Waals surface area contributed by atoms with Gasteiger partial charge in [-0.3, -0.25) is 0 Å². The molecule has 0 spiro atoms. The summed E-state index contributed by atoms with van der Waals surface area (Å²) in [7, 11) is 1.82. The van der Waals surface area contributed by atoms with Gasteiger partial charge in [-0.25, -0.2) is 0 Å². The molecule has 1 rings (SSSR count). The zero-order valence-corrected chi connectivity index (χ0v) is 10.6. The molecule has 0 aromatic carbocycles. The molecule has 0 radical (unpaired) electrons. The lowest BCUT2D eigenvalue weighted by molar-refractivity contribution is -0.0790. The van der Waals surface area contributed by atoms with Crippen LogP contribution < -0.4 is 5.32 Å². The molecular weight excluding hydrogens is 190 g/mol. The van der Waals surface area contributed by atoms with Gasteiger partial charge in [0.2, 0.25) is 0 Å². The van der Waals surface area contributed by atoms with Gasteiger partial charge in [0, 0.05) is 7.11 Å². The highest BCUT2D eigenvalue weighted by Gasteiger charge is 2.31. The van der Waals surface area contributed by atoms with Crippen LogP contribution in [0.5, 0.6) is 0 Å². The molecule has 0 saturated carbocycles. The Balaban J connectivity index is 2.33. The molecule has 1 heterocycles. The van der Waals surface area contributed by atoms with Gasteiger partial charge in [-0.15, -0.1) is 0 Å². The van der Waals surface area contributed by atoms with Crippen LogP contribution in [0.1, 0.15) is 40.0 Å². The van der Waals surface area contributed by atoms with Crippen LogP contribution >= 0.6 is 0 Å². The van der Waals surface area contributed by atoms with Crippen LogP contribution in [-0.2, 0) is 9.47 Å². The molecule has 1 saturated heterocycles. The van der Waals surface area contributed by atoms with Gasteiger partial charge >= 0.3 is 0 Å². The van der Waals surface area contributed by atoms with Crippen molar-refractivity contribution in [3.05, 3.63) is 0 Å². The standard InChI is InChI=1S/C12H25NO2/c1-11(2,3)15-10-7-12(14-4)5-8-13-9-6-12/h13H,5-10H2,1-4H3. The lowest BCUT2D eigenvalue weighted by Gasteiger charge is -2.37. The number of ether oxygens (including phenoxy) is 2. The maximum absolute atomic E-state index is 5.76. The molecule has 0 aromatic heterocycles. The van der Waals surface area contributed by atoms with Crippen LogP contribution in [0.2, 0.25) is 0 Å². The lowest BCUT2D eigenvalue weighted by Crippen LogP contribution is -2.44. The molecule has 90 valence electrons. The maximum atomic E-state index is 5.76. The highest BCUT2D eigenvalue weighted by molar-refractivity contribution is 4.86. The summed E-state index contributed by atoms with van der Waals surface area (Å²) < 4.78 is 11.4. The number of piperidine rings is 1. The van der Waals surface area contributed by atoms with Gasteiger partial charge in [0.1, 0.15) is 0 Å². The zero-order valence-electron chi connectivity index (χ0n) is 10.6. The third-order valence-electron chi connectivity index (χ3n) is 3.04. The fourth-order valence-corrected chi connectivity index (χ4v) is 1.98. The normalized spacial score (nSPS) is 21.6. The first-order valence-electron chi connectivity index (χ1n) is 5.87. The van der Waals surface area contributed by atoms with Gasteiger partial charge in [0.15, 0.2) is 0 Å². The van der Waals surface area contributed by atoms with Crippen molar-refractivity contribution in [2.75, 3.05) is 26.8 Å². The van der Waals surface area contributed by atoms with Gasteiger partial charge < -0.3 is 14.8 Å². The summed E-state index contributed by atoms with van der Waals surface area (Å²) in [6.07, 6.45) is 3.19. The molecule has 3 heteroatoms. The fourth-order valence-electron chi connectivity index (χ4n) is 1.98. The second kappa shape index (κ2) is 5.28. The van der Waals surface area contributed by atoms with E-state index in [2.05, 4.69) is 26.1 Å². The SMILES string of the molecule is COC1(CCOC(C)(C)C)CCNCC1. The second-order valence-corrected chi connectivity index (χ2v) is 5.35. The molecule has 1 fully saturated rings. The Morgan fingerprint density at radius 3 is 2.27 bits per heavy atom. The Kier molecular flexibility index (Phi) is 4.56. The molecule has 0 aliphatic carbocycles. The van der Waals surface area contributed by atoms with E-state index >= 15 is 0 Å². The molecular formula is C12H25NO2. The van der Waals surface area contributed by atoms with Crippen molar-refractivity contribution in [1.82, 2.24) is 5.32 Å². The molecule has 15 heavy (non-hydrogen) atoms. The Bertz CT molecular complexity index is 181. The van der Waals surface area contributed by atoms with Crippen LogP contribution in [0.25, 0.3) is 0 Å². The molecule has 0 amide bonds. The van der Waals surface area contributed by atoms with Gasteiger partial charge in [-0.05, 0) is 53.1 Å². The minimum Gasteiger partial charge on any atom is -0.378 e. The highest BCUT2D eigenvalue weighted by Crippen LogP contribution is 2.26. The zero-order chi connectivity index (χ0) is 11.4. The Hall–Kier alpha value is -0.120. The van der Waals surface area contributed by atoms with Crippen LogP contribution in [0, 0.1) is 0 Å². The molecule has 0 bridgehead atoms. The fraction of sp³-hybridized carbons (Fsp3) is 1.00. The quantitative estimate of drug-likeness (QED) is 0.777. The van der Waals surface area contributed by atoms with Crippen LogP contribution in [-0.4, -0.2) is 38.0 Å². The lowest BCUT2D eigenvalue weighted by atomic mass is 9.89. The highest BCUT2D eigenvalue weighted by atomic mass is 16.5. The molecule has 0 aromatic rings. The van der Waals surface area contributed by atoms with Crippen molar-refractivity contribution < 1.29 is 9.47 Å². The summed E-state index contributed by atoms with van der Waals surface area (Å²) >= 11 is 0. The first kappa shape index (κ1) is 12.9. The van der Waals surface area contributed by atoms with E-state index in [0.29, 0.717) is 0 Å². The topological polar surface area (TPSA) is 30.5 Å². The van der Waals surface area contributed by atoms with Gasteiger partial charge in [-0.1, -0.05) is 0 Å². The van der Waals surface area contributed by atoms with E-state index in [9.17, 15) is 0 Å². The predicted octanol–water partition coefficient (Wildman–Crippen LogP) is 1.96. The Morgan fingerprint density at radius 1 is 1.20 bits per heavy atom. The first-order chi connectivity index (χ1) is 6.97. The monoisotopic (exact) mass is 215 g/mol. The molecule has 3 nitrogen and oxygen atoms in total. The van der Waals surface area contributed by atoms with E-state index in [0.717, 1.165) is 39.0 Å². The second-order valence-electron chi connectivity index (χ2n) is 5.35. The van der Waals surface area contributed by atoms with E-state index in [1.165, 1.54) is 0 Å². The average molecular weight is 215 g/mol. The Morgan fingerprint density at radius 2 is 1.80 bits per heavy atom. The third kappa shape index (κ3) is 4.49. The number of hydrogen-bond acceptors (Lipinski definition) is 3. The van der Waals surface area contributed by atoms with E-state index in [1.54, 1.807) is 0 Å². The molecule has 0 unspecified atom stereocenters. The van der Waals surface area contributed by atoms with Crippen molar-refractivity contribution in [2.45, 2.75) is 51.2 Å². The van der Waals surface area contributed by atoms with Gasteiger partial charge in [0.25, 0.3) is 0 Å². The van der Waals surface area contributed by atoms with Crippen LogP contribution in [0.15, 0.2) is 0 Å². The third-order valence-corrected chi connectivity index (χ3v) is 3.04. The summed E-state index contributed by atoms with van der Waals surface area (Å²) in [6.45, 7) is 9.18. The first-order valence-corrected chi connectivity index (χ1v) is 5.87. The predicted molar refractivity (Wildman–Crippen MR) is 62.2 cm³/mol. The van der Waals surface area contributed by atoms with Crippen molar-refractivity contribution in [3.63, 3.8) is 0 Å². The number of rotatable bonds is 4. The summed E-state index contributed by atoms with van der Waals surface area (Å²) in [4.78, 5) is 0. The van der Waals surface area contributed by atoms with E-state index < -0.39 is 0 Å². The van der Waals surface area contributed by atoms with Crippen LogP contribution in [0.3, 0.4) is 0 Å². The van der Waals surface area contributed by atoms with E-state index in [1.807, 2.05) is 7.11 Å². The number of methoxy groups -OCH3 is 1.